The molecule has 4 nitrogen and oxygen atoms in total. The molecule has 0 saturated carbocycles. The minimum atomic E-state index is -0.542. The molecule has 7 heteroatoms. The lowest BCUT2D eigenvalue weighted by molar-refractivity contribution is 0.0950. The van der Waals surface area contributed by atoms with Gasteiger partial charge >= 0.3 is 0 Å². The number of halogens is 3. The lowest BCUT2D eigenvalue weighted by Gasteiger charge is -2.04. The summed E-state index contributed by atoms with van der Waals surface area (Å²) < 4.78 is 15.2. The average Bonchev–Trinajstić information content (AvgIpc) is 2.90. The quantitative estimate of drug-likeness (QED) is 0.777. The number of hydrogen-bond donors (Lipinski definition) is 1. The number of pyridine rings is 1. The highest BCUT2D eigenvalue weighted by atomic mass is 35.5. The molecule has 2 heterocycles. The van der Waals surface area contributed by atoms with Crippen LogP contribution in [0.1, 0.15) is 16.1 Å². The smallest absolute Gasteiger partial charge is 0.254 e. The van der Waals surface area contributed by atoms with Crippen LogP contribution in [0.2, 0.25) is 10.0 Å². The Balaban J connectivity index is 1.66. The largest absolute Gasteiger partial charge is 0.352 e. The Kier molecular flexibility index (Phi) is 4.50. The molecule has 0 saturated heterocycles. The molecule has 0 aliphatic heterocycles. The number of aromatic nitrogens is 2. The third kappa shape index (κ3) is 3.46. The molecule has 0 spiro atoms. The molecule has 0 aliphatic rings. The van der Waals surface area contributed by atoms with Crippen LogP contribution in [0, 0.1) is 5.82 Å². The number of benzene rings is 1. The molecule has 0 bridgehead atoms. The van der Waals surface area contributed by atoms with Gasteiger partial charge in [-0.3, -0.25) is 4.79 Å². The number of imidazole rings is 1. The predicted molar refractivity (Wildman–Crippen MR) is 87.6 cm³/mol. The van der Waals surface area contributed by atoms with Crippen LogP contribution in [0.4, 0.5) is 4.39 Å². The number of carbonyl (C=O) groups excluding carboxylic acids is 1. The summed E-state index contributed by atoms with van der Waals surface area (Å²) in [5.74, 6) is -0.993. The first-order valence-electron chi connectivity index (χ1n) is 6.90. The van der Waals surface area contributed by atoms with Gasteiger partial charge in [0.2, 0.25) is 0 Å². The van der Waals surface area contributed by atoms with Crippen molar-refractivity contribution in [2.45, 2.75) is 6.42 Å². The van der Waals surface area contributed by atoms with E-state index >= 15 is 0 Å². The standard InChI is InChI=1S/C16H12Cl2FN3O/c17-10-7-13(18)15-21-11(9-22(15)8-10)5-6-20-16(23)12-3-1-2-4-14(12)19/h1-4,7-9H,5-6H2,(H,20,23). The summed E-state index contributed by atoms with van der Waals surface area (Å²) in [6.45, 7) is 0.336. The molecule has 2 aromatic heterocycles. The van der Waals surface area contributed by atoms with Gasteiger partial charge in [-0.05, 0) is 18.2 Å². The van der Waals surface area contributed by atoms with E-state index in [4.69, 9.17) is 23.2 Å². The van der Waals surface area contributed by atoms with Crippen molar-refractivity contribution in [1.29, 1.82) is 0 Å². The van der Waals surface area contributed by atoms with Crippen molar-refractivity contribution in [1.82, 2.24) is 14.7 Å². The monoisotopic (exact) mass is 351 g/mol. The fourth-order valence-corrected chi connectivity index (χ4v) is 2.77. The summed E-state index contributed by atoms with van der Waals surface area (Å²) in [7, 11) is 0. The molecule has 0 atom stereocenters. The molecular formula is C16H12Cl2FN3O. The van der Waals surface area contributed by atoms with Crippen LogP contribution >= 0.6 is 23.2 Å². The third-order valence-electron chi connectivity index (χ3n) is 3.31. The molecule has 1 aromatic carbocycles. The van der Waals surface area contributed by atoms with Gasteiger partial charge in [0, 0.05) is 25.4 Å². The molecule has 3 aromatic rings. The number of hydrogen-bond acceptors (Lipinski definition) is 2. The number of rotatable bonds is 4. The van der Waals surface area contributed by atoms with Gasteiger partial charge in [0.25, 0.3) is 5.91 Å². The van der Waals surface area contributed by atoms with Crippen LogP contribution in [-0.4, -0.2) is 21.8 Å². The van der Waals surface area contributed by atoms with Crippen molar-refractivity contribution in [3.05, 3.63) is 69.8 Å². The summed E-state index contributed by atoms with van der Waals surface area (Å²) in [6.07, 6.45) is 4.00. The molecule has 1 N–H and O–H groups in total. The van der Waals surface area contributed by atoms with Crippen molar-refractivity contribution in [2.75, 3.05) is 6.54 Å². The number of carbonyl (C=O) groups is 1. The van der Waals surface area contributed by atoms with E-state index in [1.54, 1.807) is 28.9 Å². The highest BCUT2D eigenvalue weighted by Gasteiger charge is 2.11. The van der Waals surface area contributed by atoms with E-state index in [0.717, 1.165) is 5.69 Å². The SMILES string of the molecule is O=C(NCCc1cn2cc(Cl)cc(Cl)c2n1)c1ccccc1F. The van der Waals surface area contributed by atoms with Crippen molar-refractivity contribution in [2.24, 2.45) is 0 Å². The Morgan fingerprint density at radius 2 is 2.04 bits per heavy atom. The minimum absolute atomic E-state index is 0.0253. The van der Waals surface area contributed by atoms with Crippen LogP contribution in [0.25, 0.3) is 5.65 Å². The van der Waals surface area contributed by atoms with Crippen molar-refractivity contribution >= 4 is 34.8 Å². The lowest BCUT2D eigenvalue weighted by Crippen LogP contribution is -2.26. The second-order valence-electron chi connectivity index (χ2n) is 4.96. The third-order valence-corrected chi connectivity index (χ3v) is 3.79. The van der Waals surface area contributed by atoms with E-state index in [-0.39, 0.29) is 5.56 Å². The number of fused-ring (bicyclic) bond motifs is 1. The highest BCUT2D eigenvalue weighted by molar-refractivity contribution is 6.36. The Morgan fingerprint density at radius 3 is 2.83 bits per heavy atom. The molecular weight excluding hydrogens is 340 g/mol. The summed E-state index contributed by atoms with van der Waals surface area (Å²) in [6, 6.07) is 7.47. The van der Waals surface area contributed by atoms with Gasteiger partial charge in [0.15, 0.2) is 5.65 Å². The molecule has 1 amide bonds. The predicted octanol–water partition coefficient (Wildman–Crippen LogP) is 3.75. The molecule has 0 radical (unpaired) electrons. The first-order valence-corrected chi connectivity index (χ1v) is 7.65. The molecule has 0 unspecified atom stereocenters. The van der Waals surface area contributed by atoms with E-state index in [1.807, 2.05) is 0 Å². The fourth-order valence-electron chi connectivity index (χ4n) is 2.24. The van der Waals surface area contributed by atoms with Crippen molar-refractivity contribution in [3.8, 4) is 0 Å². The molecule has 0 aliphatic carbocycles. The van der Waals surface area contributed by atoms with E-state index in [2.05, 4.69) is 10.3 Å². The first kappa shape index (κ1) is 15.8. The maximum Gasteiger partial charge on any atom is 0.254 e. The second-order valence-corrected chi connectivity index (χ2v) is 5.80. The van der Waals surface area contributed by atoms with Crippen LogP contribution in [-0.2, 0) is 6.42 Å². The van der Waals surface area contributed by atoms with Crippen LogP contribution in [0.5, 0.6) is 0 Å². The fraction of sp³-hybridized carbons (Fsp3) is 0.125. The maximum absolute atomic E-state index is 13.5. The van der Waals surface area contributed by atoms with E-state index in [9.17, 15) is 9.18 Å². The Hall–Kier alpha value is -2.11. The summed E-state index contributed by atoms with van der Waals surface area (Å²) in [5, 5.41) is 3.64. The minimum Gasteiger partial charge on any atom is -0.352 e. The van der Waals surface area contributed by atoms with E-state index in [0.29, 0.717) is 28.7 Å². The van der Waals surface area contributed by atoms with Gasteiger partial charge in [-0.1, -0.05) is 35.3 Å². The van der Waals surface area contributed by atoms with Crippen LogP contribution < -0.4 is 5.32 Å². The summed E-state index contributed by atoms with van der Waals surface area (Å²) >= 11 is 12.0. The van der Waals surface area contributed by atoms with E-state index in [1.165, 1.54) is 18.2 Å². The summed E-state index contributed by atoms with van der Waals surface area (Å²) in [4.78, 5) is 16.3. The molecule has 0 fully saturated rings. The highest BCUT2D eigenvalue weighted by Crippen LogP contribution is 2.21. The zero-order chi connectivity index (χ0) is 16.4. The summed E-state index contributed by atoms with van der Waals surface area (Å²) in [5.41, 5.74) is 1.38. The van der Waals surface area contributed by atoms with Gasteiger partial charge in [0.1, 0.15) is 5.82 Å². The maximum atomic E-state index is 13.5. The second kappa shape index (κ2) is 6.56. The number of nitrogens with zero attached hydrogens (tertiary/aromatic N) is 2. The number of amides is 1. The Labute approximate surface area is 141 Å². The van der Waals surface area contributed by atoms with Gasteiger partial charge in [-0.15, -0.1) is 0 Å². The van der Waals surface area contributed by atoms with Gasteiger partial charge < -0.3 is 9.72 Å². The van der Waals surface area contributed by atoms with Gasteiger partial charge in [-0.25, -0.2) is 9.37 Å². The Bertz CT molecular complexity index is 879. The van der Waals surface area contributed by atoms with Crippen LogP contribution in [0.15, 0.2) is 42.7 Å². The first-order chi connectivity index (χ1) is 11.0. The lowest BCUT2D eigenvalue weighted by atomic mass is 10.2. The topological polar surface area (TPSA) is 46.4 Å². The number of nitrogens with one attached hydrogen (secondary N) is 1. The van der Waals surface area contributed by atoms with Gasteiger partial charge in [0.05, 0.1) is 21.3 Å². The zero-order valence-corrected chi connectivity index (χ0v) is 13.4. The average molecular weight is 352 g/mol. The van der Waals surface area contributed by atoms with Crippen LogP contribution in [0.3, 0.4) is 0 Å². The van der Waals surface area contributed by atoms with E-state index < -0.39 is 11.7 Å². The molecule has 3 rings (SSSR count). The van der Waals surface area contributed by atoms with Crippen molar-refractivity contribution in [3.63, 3.8) is 0 Å². The Morgan fingerprint density at radius 1 is 1.26 bits per heavy atom. The molecule has 118 valence electrons. The van der Waals surface area contributed by atoms with Gasteiger partial charge in [-0.2, -0.15) is 0 Å². The zero-order valence-electron chi connectivity index (χ0n) is 11.9. The van der Waals surface area contributed by atoms with Crippen molar-refractivity contribution < 1.29 is 9.18 Å². The molecule has 23 heavy (non-hydrogen) atoms. The normalized spacial score (nSPS) is 10.9.